The molecular formula is C17H27N3O. The van der Waals surface area contributed by atoms with Gasteiger partial charge in [-0.3, -0.25) is 4.90 Å². The predicted octanol–water partition coefficient (Wildman–Crippen LogP) is 1.26. The van der Waals surface area contributed by atoms with Gasteiger partial charge >= 0.3 is 0 Å². The molecule has 0 aromatic heterocycles. The summed E-state index contributed by atoms with van der Waals surface area (Å²) in [4.78, 5) is 7.40. The van der Waals surface area contributed by atoms with Gasteiger partial charge in [-0.05, 0) is 25.1 Å². The van der Waals surface area contributed by atoms with Gasteiger partial charge in [0.05, 0.1) is 6.10 Å². The molecule has 116 valence electrons. The number of aliphatic hydroxyl groups is 1. The number of anilines is 1. The van der Waals surface area contributed by atoms with E-state index in [1.165, 1.54) is 5.69 Å². The number of aliphatic hydroxyl groups excluding tert-OH is 1. The minimum atomic E-state index is -0.156. The highest BCUT2D eigenvalue weighted by atomic mass is 16.3. The average molecular weight is 289 g/mol. The van der Waals surface area contributed by atoms with Gasteiger partial charge in [0.25, 0.3) is 0 Å². The van der Waals surface area contributed by atoms with Gasteiger partial charge in [-0.1, -0.05) is 25.1 Å². The van der Waals surface area contributed by atoms with Crippen LogP contribution in [0.4, 0.5) is 5.69 Å². The number of likely N-dealkylation sites (N-methyl/N-ethyl adjacent to an activating group) is 1. The molecule has 1 aromatic carbocycles. The van der Waals surface area contributed by atoms with Gasteiger partial charge in [0.15, 0.2) is 0 Å². The van der Waals surface area contributed by atoms with E-state index in [1.54, 1.807) is 0 Å². The topological polar surface area (TPSA) is 30.0 Å². The van der Waals surface area contributed by atoms with Crippen LogP contribution in [-0.4, -0.2) is 72.9 Å². The Kier molecular flexibility index (Phi) is 4.78. The van der Waals surface area contributed by atoms with Gasteiger partial charge in [-0.25, -0.2) is 0 Å². The molecule has 2 unspecified atom stereocenters. The second-order valence-electron chi connectivity index (χ2n) is 6.18. The summed E-state index contributed by atoms with van der Waals surface area (Å²) >= 11 is 0. The third-order valence-corrected chi connectivity index (χ3v) is 4.98. The lowest BCUT2D eigenvalue weighted by Gasteiger charge is -2.45. The van der Waals surface area contributed by atoms with Crippen molar-refractivity contribution in [2.45, 2.75) is 25.5 Å². The molecule has 21 heavy (non-hydrogen) atoms. The summed E-state index contributed by atoms with van der Waals surface area (Å²) in [5.74, 6) is 0. The van der Waals surface area contributed by atoms with Crippen molar-refractivity contribution >= 4 is 5.69 Å². The second kappa shape index (κ2) is 6.77. The van der Waals surface area contributed by atoms with Crippen LogP contribution in [0, 0.1) is 0 Å². The number of benzene rings is 1. The van der Waals surface area contributed by atoms with Gasteiger partial charge in [0, 0.05) is 51.0 Å². The summed E-state index contributed by atoms with van der Waals surface area (Å²) in [7, 11) is 0. The molecule has 0 saturated carbocycles. The maximum Gasteiger partial charge on any atom is 0.0720 e. The summed E-state index contributed by atoms with van der Waals surface area (Å²) in [5, 5.41) is 10.3. The minimum absolute atomic E-state index is 0.156. The van der Waals surface area contributed by atoms with Crippen molar-refractivity contribution in [1.29, 1.82) is 0 Å². The van der Waals surface area contributed by atoms with Gasteiger partial charge in [-0.15, -0.1) is 0 Å². The van der Waals surface area contributed by atoms with Crippen molar-refractivity contribution in [3.8, 4) is 0 Å². The summed E-state index contributed by atoms with van der Waals surface area (Å²) in [6.45, 7) is 9.57. The Bertz CT molecular complexity index is 431. The SMILES string of the molecule is CCN1CCC(O)C(N2CCN(c3ccccc3)CC2)C1. The number of piperidine rings is 1. The lowest BCUT2D eigenvalue weighted by molar-refractivity contribution is -0.0121. The molecule has 2 fully saturated rings. The maximum absolute atomic E-state index is 10.3. The number of rotatable bonds is 3. The third-order valence-electron chi connectivity index (χ3n) is 4.98. The smallest absolute Gasteiger partial charge is 0.0720 e. The average Bonchev–Trinajstić information content (AvgIpc) is 2.56. The van der Waals surface area contributed by atoms with Gasteiger partial charge in [0.1, 0.15) is 0 Å². The molecule has 0 amide bonds. The van der Waals surface area contributed by atoms with E-state index in [2.05, 4.69) is 52.0 Å². The normalized spacial score (nSPS) is 28.8. The van der Waals surface area contributed by atoms with Crippen LogP contribution in [0.3, 0.4) is 0 Å². The summed E-state index contributed by atoms with van der Waals surface area (Å²) in [5.41, 5.74) is 1.32. The molecule has 4 heteroatoms. The highest BCUT2D eigenvalue weighted by molar-refractivity contribution is 5.46. The standard InChI is InChI=1S/C17H27N3O/c1-2-18-9-8-17(21)16(14-18)20-12-10-19(11-13-20)15-6-4-3-5-7-15/h3-7,16-17,21H,2,8-14H2,1H3. The first kappa shape index (κ1) is 14.8. The molecule has 2 atom stereocenters. The van der Waals surface area contributed by atoms with Crippen LogP contribution in [0.15, 0.2) is 30.3 Å². The van der Waals surface area contributed by atoms with Crippen LogP contribution in [0.1, 0.15) is 13.3 Å². The molecule has 0 aliphatic carbocycles. The van der Waals surface area contributed by atoms with Crippen LogP contribution in [0.2, 0.25) is 0 Å². The molecule has 1 aromatic rings. The number of hydrogen-bond donors (Lipinski definition) is 1. The Balaban J connectivity index is 1.57. The molecule has 0 spiro atoms. The van der Waals surface area contributed by atoms with Crippen molar-refractivity contribution in [2.75, 3.05) is 50.7 Å². The Hall–Kier alpha value is -1.10. The fraction of sp³-hybridized carbons (Fsp3) is 0.647. The predicted molar refractivity (Wildman–Crippen MR) is 86.8 cm³/mol. The molecule has 2 aliphatic heterocycles. The molecule has 3 rings (SSSR count). The molecule has 2 saturated heterocycles. The molecule has 0 bridgehead atoms. The maximum atomic E-state index is 10.3. The number of hydrogen-bond acceptors (Lipinski definition) is 4. The van der Waals surface area contributed by atoms with Gasteiger partial charge in [0.2, 0.25) is 0 Å². The molecule has 2 heterocycles. The van der Waals surface area contributed by atoms with E-state index < -0.39 is 0 Å². The lowest BCUT2D eigenvalue weighted by atomic mass is 9.99. The number of likely N-dealkylation sites (tertiary alicyclic amines) is 1. The van der Waals surface area contributed by atoms with Crippen LogP contribution in [0.25, 0.3) is 0 Å². The van der Waals surface area contributed by atoms with Crippen molar-refractivity contribution in [1.82, 2.24) is 9.80 Å². The van der Waals surface area contributed by atoms with Crippen molar-refractivity contribution in [3.05, 3.63) is 30.3 Å². The Morgan fingerprint density at radius 1 is 1.05 bits per heavy atom. The summed E-state index contributed by atoms with van der Waals surface area (Å²) < 4.78 is 0. The quantitative estimate of drug-likeness (QED) is 0.907. The first-order valence-corrected chi connectivity index (χ1v) is 8.22. The van der Waals surface area contributed by atoms with Crippen molar-refractivity contribution in [3.63, 3.8) is 0 Å². The van der Waals surface area contributed by atoms with Crippen molar-refractivity contribution in [2.24, 2.45) is 0 Å². The summed E-state index contributed by atoms with van der Waals surface area (Å²) in [6.07, 6.45) is 0.758. The molecule has 0 radical (unpaired) electrons. The third kappa shape index (κ3) is 3.39. The fourth-order valence-corrected chi connectivity index (χ4v) is 3.58. The number of nitrogens with zero attached hydrogens (tertiary/aromatic N) is 3. The van der Waals surface area contributed by atoms with E-state index in [1.807, 2.05) is 0 Å². The minimum Gasteiger partial charge on any atom is -0.391 e. The van der Waals surface area contributed by atoms with E-state index in [0.717, 1.165) is 52.2 Å². The molecule has 2 aliphatic rings. The van der Waals surface area contributed by atoms with Crippen LogP contribution >= 0.6 is 0 Å². The first-order chi connectivity index (χ1) is 10.3. The van der Waals surface area contributed by atoms with E-state index in [0.29, 0.717) is 6.04 Å². The molecule has 1 N–H and O–H groups in total. The van der Waals surface area contributed by atoms with Crippen LogP contribution in [-0.2, 0) is 0 Å². The molecular weight excluding hydrogens is 262 g/mol. The van der Waals surface area contributed by atoms with E-state index >= 15 is 0 Å². The van der Waals surface area contributed by atoms with E-state index in [9.17, 15) is 5.11 Å². The Morgan fingerprint density at radius 2 is 1.76 bits per heavy atom. The largest absolute Gasteiger partial charge is 0.391 e. The zero-order valence-electron chi connectivity index (χ0n) is 13.0. The second-order valence-corrected chi connectivity index (χ2v) is 6.18. The number of para-hydroxylation sites is 1. The Morgan fingerprint density at radius 3 is 2.43 bits per heavy atom. The van der Waals surface area contributed by atoms with Gasteiger partial charge < -0.3 is 14.9 Å². The summed E-state index contributed by atoms with van der Waals surface area (Å²) in [6, 6.07) is 11.0. The fourth-order valence-electron chi connectivity index (χ4n) is 3.58. The highest BCUT2D eigenvalue weighted by Gasteiger charge is 2.33. The zero-order chi connectivity index (χ0) is 14.7. The highest BCUT2D eigenvalue weighted by Crippen LogP contribution is 2.21. The van der Waals surface area contributed by atoms with Crippen molar-refractivity contribution < 1.29 is 5.11 Å². The Labute approximate surface area is 128 Å². The van der Waals surface area contributed by atoms with Crippen LogP contribution < -0.4 is 4.90 Å². The van der Waals surface area contributed by atoms with E-state index in [-0.39, 0.29) is 6.10 Å². The molecule has 4 nitrogen and oxygen atoms in total. The number of piperazine rings is 1. The van der Waals surface area contributed by atoms with Gasteiger partial charge in [-0.2, -0.15) is 0 Å². The van der Waals surface area contributed by atoms with Crippen LogP contribution in [0.5, 0.6) is 0 Å². The van der Waals surface area contributed by atoms with E-state index in [4.69, 9.17) is 0 Å². The zero-order valence-corrected chi connectivity index (χ0v) is 13.0. The monoisotopic (exact) mass is 289 g/mol. The first-order valence-electron chi connectivity index (χ1n) is 8.22. The lowest BCUT2D eigenvalue weighted by Crippen LogP contribution is -2.59.